The van der Waals surface area contributed by atoms with Crippen molar-refractivity contribution in [2.45, 2.75) is 32.9 Å². The third-order valence-electron chi connectivity index (χ3n) is 4.77. The molecule has 0 unspecified atom stereocenters. The monoisotopic (exact) mass is 374 g/mol. The van der Waals surface area contributed by atoms with Crippen LogP contribution in [0.2, 0.25) is 0 Å². The van der Waals surface area contributed by atoms with E-state index in [2.05, 4.69) is 35.3 Å². The van der Waals surface area contributed by atoms with Gasteiger partial charge in [0.25, 0.3) is 0 Å². The summed E-state index contributed by atoms with van der Waals surface area (Å²) in [5.74, 6) is -0.289. The molecule has 0 atom stereocenters. The third kappa shape index (κ3) is 3.64. The summed E-state index contributed by atoms with van der Waals surface area (Å²) in [5, 5.41) is 8.77. The topological polar surface area (TPSA) is 91.6 Å². The lowest BCUT2D eigenvalue weighted by atomic mass is 10.0. The van der Waals surface area contributed by atoms with E-state index in [-0.39, 0.29) is 5.91 Å². The van der Waals surface area contributed by atoms with Crippen LogP contribution in [0.5, 0.6) is 0 Å². The molecule has 4 rings (SSSR count). The van der Waals surface area contributed by atoms with Crippen LogP contribution >= 0.6 is 0 Å². The van der Waals surface area contributed by atoms with Crippen LogP contribution in [-0.4, -0.2) is 30.5 Å². The number of aromatic nitrogens is 5. The molecule has 0 saturated heterocycles. The van der Waals surface area contributed by atoms with Gasteiger partial charge >= 0.3 is 0 Å². The Morgan fingerprint density at radius 1 is 1.18 bits per heavy atom. The first-order valence-electron chi connectivity index (χ1n) is 9.29. The molecule has 1 amide bonds. The highest BCUT2D eigenvalue weighted by Gasteiger charge is 2.13. The number of hydrogen-bond donors (Lipinski definition) is 1. The molecule has 0 aliphatic rings. The van der Waals surface area contributed by atoms with E-state index in [1.54, 1.807) is 12.4 Å². The first-order chi connectivity index (χ1) is 13.6. The van der Waals surface area contributed by atoms with Crippen molar-refractivity contribution in [1.29, 1.82) is 0 Å². The van der Waals surface area contributed by atoms with Gasteiger partial charge in [-0.25, -0.2) is 4.98 Å². The van der Waals surface area contributed by atoms with Crippen molar-refractivity contribution in [3.05, 3.63) is 66.1 Å². The molecule has 3 heterocycles. The SMILES string of the molecule is Cc1cc(-c2ccccc2Cn2cccn2)nc2cnn(CCCC(N)=O)c12. The number of fused-ring (bicyclic) bond motifs is 1. The van der Waals surface area contributed by atoms with Crippen LogP contribution in [0.4, 0.5) is 0 Å². The fourth-order valence-corrected chi connectivity index (χ4v) is 3.49. The first-order valence-corrected chi connectivity index (χ1v) is 9.29. The Labute approximate surface area is 162 Å². The largest absolute Gasteiger partial charge is 0.370 e. The molecule has 0 spiro atoms. The minimum atomic E-state index is -0.289. The fraction of sp³-hybridized carbons (Fsp3) is 0.238. The van der Waals surface area contributed by atoms with E-state index in [1.807, 2.05) is 33.8 Å². The highest BCUT2D eigenvalue weighted by molar-refractivity contribution is 5.82. The molecule has 0 aliphatic heterocycles. The molecule has 4 aromatic rings. The Morgan fingerprint density at radius 3 is 2.82 bits per heavy atom. The Morgan fingerprint density at radius 2 is 2.04 bits per heavy atom. The number of nitrogens with zero attached hydrogens (tertiary/aromatic N) is 5. The highest BCUT2D eigenvalue weighted by Crippen LogP contribution is 2.27. The molecule has 0 aliphatic carbocycles. The van der Waals surface area contributed by atoms with Gasteiger partial charge in [-0.05, 0) is 36.6 Å². The van der Waals surface area contributed by atoms with Crippen LogP contribution in [0.15, 0.2) is 55.0 Å². The molecule has 7 heteroatoms. The molecule has 0 fully saturated rings. The van der Waals surface area contributed by atoms with Gasteiger partial charge in [-0.1, -0.05) is 24.3 Å². The minimum absolute atomic E-state index is 0.289. The van der Waals surface area contributed by atoms with Crippen molar-refractivity contribution in [1.82, 2.24) is 24.5 Å². The number of primary amides is 1. The van der Waals surface area contributed by atoms with Crippen molar-refractivity contribution in [2.24, 2.45) is 5.73 Å². The lowest BCUT2D eigenvalue weighted by Gasteiger charge is -2.11. The second-order valence-corrected chi connectivity index (χ2v) is 6.86. The summed E-state index contributed by atoms with van der Waals surface area (Å²) < 4.78 is 3.81. The number of carbonyl (C=O) groups is 1. The average Bonchev–Trinajstić information content (AvgIpc) is 3.32. The van der Waals surface area contributed by atoms with Gasteiger partial charge in [0.2, 0.25) is 5.91 Å². The van der Waals surface area contributed by atoms with E-state index in [1.165, 1.54) is 0 Å². The van der Waals surface area contributed by atoms with E-state index in [0.717, 1.165) is 33.4 Å². The molecule has 28 heavy (non-hydrogen) atoms. The number of pyridine rings is 1. The number of aryl methyl sites for hydroxylation is 2. The van der Waals surface area contributed by atoms with Crippen LogP contribution < -0.4 is 5.73 Å². The lowest BCUT2D eigenvalue weighted by Crippen LogP contribution is -2.12. The number of carbonyl (C=O) groups excluding carboxylic acids is 1. The Balaban J connectivity index is 1.68. The number of benzene rings is 1. The summed E-state index contributed by atoms with van der Waals surface area (Å²) >= 11 is 0. The van der Waals surface area contributed by atoms with Gasteiger partial charge in [-0.3, -0.25) is 14.2 Å². The highest BCUT2D eigenvalue weighted by atomic mass is 16.1. The van der Waals surface area contributed by atoms with Crippen LogP contribution in [0.25, 0.3) is 22.3 Å². The molecular weight excluding hydrogens is 352 g/mol. The van der Waals surface area contributed by atoms with Gasteiger partial charge < -0.3 is 5.73 Å². The summed E-state index contributed by atoms with van der Waals surface area (Å²) in [6.45, 7) is 3.40. The molecule has 1 aromatic carbocycles. The van der Waals surface area contributed by atoms with E-state index >= 15 is 0 Å². The molecule has 142 valence electrons. The maximum absolute atomic E-state index is 11.0. The van der Waals surface area contributed by atoms with Gasteiger partial charge in [0.1, 0.15) is 5.52 Å². The molecule has 3 aromatic heterocycles. The molecule has 0 radical (unpaired) electrons. The molecule has 7 nitrogen and oxygen atoms in total. The molecular formula is C21H22N6O. The summed E-state index contributed by atoms with van der Waals surface area (Å²) in [6.07, 6.45) is 6.54. The number of nitrogens with two attached hydrogens (primary N) is 1. The molecule has 0 saturated carbocycles. The van der Waals surface area contributed by atoms with Gasteiger partial charge in [-0.15, -0.1) is 0 Å². The second-order valence-electron chi connectivity index (χ2n) is 6.86. The maximum Gasteiger partial charge on any atom is 0.217 e. The van der Waals surface area contributed by atoms with Crippen molar-refractivity contribution >= 4 is 16.9 Å². The Kier molecular flexibility index (Phi) is 4.89. The maximum atomic E-state index is 11.0. The second kappa shape index (κ2) is 7.64. The predicted octanol–water partition coefficient (Wildman–Crippen LogP) is 2.92. The fourth-order valence-electron chi connectivity index (χ4n) is 3.49. The van der Waals surface area contributed by atoms with Gasteiger partial charge in [0.15, 0.2) is 0 Å². The predicted molar refractivity (Wildman–Crippen MR) is 107 cm³/mol. The molecule has 0 bridgehead atoms. The summed E-state index contributed by atoms with van der Waals surface area (Å²) in [4.78, 5) is 15.8. The van der Waals surface area contributed by atoms with Crippen LogP contribution in [0.1, 0.15) is 24.0 Å². The zero-order chi connectivity index (χ0) is 19.5. The van der Waals surface area contributed by atoms with Gasteiger partial charge in [0, 0.05) is 30.9 Å². The quantitative estimate of drug-likeness (QED) is 0.538. The number of rotatable bonds is 7. The van der Waals surface area contributed by atoms with Crippen molar-refractivity contribution < 1.29 is 4.79 Å². The van der Waals surface area contributed by atoms with Crippen molar-refractivity contribution in [3.8, 4) is 11.3 Å². The minimum Gasteiger partial charge on any atom is -0.370 e. The van der Waals surface area contributed by atoms with E-state index in [9.17, 15) is 4.79 Å². The Hall–Kier alpha value is -3.48. The normalized spacial score (nSPS) is 11.2. The first kappa shape index (κ1) is 17.9. The van der Waals surface area contributed by atoms with Gasteiger partial charge in [-0.2, -0.15) is 10.2 Å². The van der Waals surface area contributed by atoms with Crippen LogP contribution in [-0.2, 0) is 17.9 Å². The zero-order valence-electron chi connectivity index (χ0n) is 15.7. The van der Waals surface area contributed by atoms with Crippen molar-refractivity contribution in [2.75, 3.05) is 0 Å². The van der Waals surface area contributed by atoms with Gasteiger partial charge in [0.05, 0.1) is 24.0 Å². The summed E-state index contributed by atoms with van der Waals surface area (Å²) in [6, 6.07) is 12.3. The van der Waals surface area contributed by atoms with E-state index < -0.39 is 0 Å². The van der Waals surface area contributed by atoms with E-state index in [4.69, 9.17) is 10.7 Å². The average molecular weight is 374 g/mol. The van der Waals surface area contributed by atoms with Crippen molar-refractivity contribution in [3.63, 3.8) is 0 Å². The van der Waals surface area contributed by atoms with E-state index in [0.29, 0.717) is 25.9 Å². The summed E-state index contributed by atoms with van der Waals surface area (Å²) in [5.41, 5.74) is 11.4. The third-order valence-corrected chi connectivity index (χ3v) is 4.77. The standard InChI is InChI=1S/C21H22N6O/c1-15-12-18(17-7-3-2-6-16(17)14-26-10-5-9-23-26)25-19-13-24-27(21(15)19)11-4-8-20(22)28/h2-3,5-7,9-10,12-13H,4,8,11,14H2,1H3,(H2,22,28). The van der Waals surface area contributed by atoms with Crippen LogP contribution in [0.3, 0.4) is 0 Å². The summed E-state index contributed by atoms with van der Waals surface area (Å²) in [7, 11) is 0. The van der Waals surface area contributed by atoms with Crippen LogP contribution in [0, 0.1) is 6.92 Å². The Bertz CT molecular complexity index is 1110. The number of amides is 1. The molecule has 2 N–H and O–H groups in total. The zero-order valence-corrected chi connectivity index (χ0v) is 15.7. The number of hydrogen-bond acceptors (Lipinski definition) is 4. The smallest absolute Gasteiger partial charge is 0.217 e. The lowest BCUT2D eigenvalue weighted by molar-refractivity contribution is -0.118.